The highest BCUT2D eigenvalue weighted by Gasteiger charge is 2.30. The van der Waals surface area contributed by atoms with E-state index in [0.717, 1.165) is 13.0 Å². The normalized spacial score (nSPS) is 26.6. The van der Waals surface area contributed by atoms with Crippen LogP contribution in [0.15, 0.2) is 0 Å². The Hall–Kier alpha value is -0.320. The monoisotopic (exact) mass is 209 g/mol. The third-order valence-electron chi connectivity index (χ3n) is 1.98. The smallest absolute Gasteiger partial charge is 0.322 e. The molecular formula is C8H16ClNO3. The third kappa shape index (κ3) is 3.50. The van der Waals surface area contributed by atoms with Gasteiger partial charge in [-0.15, -0.1) is 12.4 Å². The minimum atomic E-state index is -0.197. The molecule has 1 heterocycles. The first kappa shape index (κ1) is 12.7. The first-order valence-electron chi connectivity index (χ1n) is 4.20. The van der Waals surface area contributed by atoms with Crippen LogP contribution in [-0.2, 0) is 14.3 Å². The molecule has 0 bridgehead atoms. The molecule has 78 valence electrons. The minimum absolute atomic E-state index is 0. The van der Waals surface area contributed by atoms with Gasteiger partial charge in [0.2, 0.25) is 0 Å². The number of rotatable bonds is 3. The van der Waals surface area contributed by atoms with Crippen LogP contribution in [0.1, 0.15) is 13.3 Å². The Balaban J connectivity index is 0.00000144. The van der Waals surface area contributed by atoms with Gasteiger partial charge in [-0.05, 0) is 6.92 Å². The molecule has 5 heteroatoms. The molecule has 1 aliphatic heterocycles. The molecule has 0 spiro atoms. The lowest BCUT2D eigenvalue weighted by Crippen LogP contribution is -2.31. The number of methoxy groups -OCH3 is 1. The quantitative estimate of drug-likeness (QED) is 0.682. The predicted octanol–water partition coefficient (Wildman–Crippen LogP) is 0.348. The average molecular weight is 210 g/mol. The van der Waals surface area contributed by atoms with E-state index in [4.69, 9.17) is 4.74 Å². The molecule has 1 fully saturated rings. The van der Waals surface area contributed by atoms with Gasteiger partial charge in [0.15, 0.2) is 0 Å². The second kappa shape index (κ2) is 6.18. The van der Waals surface area contributed by atoms with Crippen LogP contribution in [0.5, 0.6) is 0 Å². The fourth-order valence-electron chi connectivity index (χ4n) is 1.39. The molecule has 0 saturated carbocycles. The molecule has 0 amide bonds. The van der Waals surface area contributed by atoms with Gasteiger partial charge in [0.05, 0.1) is 13.2 Å². The maximum atomic E-state index is 11.0. The lowest BCUT2D eigenvalue weighted by atomic mass is 10.2. The summed E-state index contributed by atoms with van der Waals surface area (Å²) in [6, 6.07) is -0.174. The van der Waals surface area contributed by atoms with Crippen molar-refractivity contribution in [2.75, 3.05) is 20.3 Å². The molecule has 1 saturated heterocycles. The zero-order valence-corrected chi connectivity index (χ0v) is 8.73. The number of esters is 1. The highest BCUT2D eigenvalue weighted by atomic mass is 35.5. The molecule has 0 aromatic carbocycles. The van der Waals surface area contributed by atoms with Crippen molar-refractivity contribution in [2.24, 2.45) is 0 Å². The van der Waals surface area contributed by atoms with Gasteiger partial charge in [0.25, 0.3) is 0 Å². The van der Waals surface area contributed by atoms with Gasteiger partial charge >= 0.3 is 5.97 Å². The standard InChI is InChI=1S/C8H15NO3.ClH/c1-3-12-6-4-7(9-5-6)8(10)11-2;/h6-7,9H,3-5H2,1-2H3;1H. The van der Waals surface area contributed by atoms with E-state index >= 15 is 0 Å². The number of carbonyl (C=O) groups is 1. The molecule has 1 N–H and O–H groups in total. The van der Waals surface area contributed by atoms with E-state index in [1.807, 2.05) is 6.92 Å². The van der Waals surface area contributed by atoms with Crippen LogP contribution in [0.2, 0.25) is 0 Å². The van der Waals surface area contributed by atoms with Crippen LogP contribution in [0.4, 0.5) is 0 Å². The summed E-state index contributed by atoms with van der Waals surface area (Å²) in [5, 5.41) is 3.04. The van der Waals surface area contributed by atoms with Crippen molar-refractivity contribution in [3.63, 3.8) is 0 Å². The number of hydrogen-bond donors (Lipinski definition) is 1. The van der Waals surface area contributed by atoms with Gasteiger partial charge in [-0.3, -0.25) is 4.79 Å². The van der Waals surface area contributed by atoms with E-state index in [2.05, 4.69) is 10.1 Å². The fourth-order valence-corrected chi connectivity index (χ4v) is 1.39. The van der Waals surface area contributed by atoms with Crippen LogP contribution in [0.3, 0.4) is 0 Å². The Morgan fingerprint density at radius 3 is 2.85 bits per heavy atom. The molecule has 1 rings (SSSR count). The van der Waals surface area contributed by atoms with Crippen molar-refractivity contribution in [1.29, 1.82) is 0 Å². The van der Waals surface area contributed by atoms with Gasteiger partial charge in [0, 0.05) is 19.6 Å². The second-order valence-electron chi connectivity index (χ2n) is 2.80. The molecule has 0 aromatic rings. The van der Waals surface area contributed by atoms with Gasteiger partial charge in [-0.1, -0.05) is 0 Å². The second-order valence-corrected chi connectivity index (χ2v) is 2.80. The van der Waals surface area contributed by atoms with Crippen LogP contribution in [-0.4, -0.2) is 38.4 Å². The predicted molar refractivity (Wildman–Crippen MR) is 51.1 cm³/mol. The van der Waals surface area contributed by atoms with Crippen LogP contribution in [0, 0.1) is 0 Å². The number of hydrogen-bond acceptors (Lipinski definition) is 4. The van der Waals surface area contributed by atoms with Crippen molar-refractivity contribution >= 4 is 18.4 Å². The summed E-state index contributed by atoms with van der Waals surface area (Å²) in [5.41, 5.74) is 0. The van der Waals surface area contributed by atoms with Crippen molar-refractivity contribution < 1.29 is 14.3 Å². The summed E-state index contributed by atoms with van der Waals surface area (Å²) >= 11 is 0. The Bertz CT molecular complexity index is 165. The molecule has 0 aliphatic carbocycles. The summed E-state index contributed by atoms with van der Waals surface area (Å²) in [6.07, 6.45) is 0.889. The van der Waals surface area contributed by atoms with Crippen molar-refractivity contribution in [3.8, 4) is 0 Å². The van der Waals surface area contributed by atoms with Gasteiger partial charge in [-0.2, -0.15) is 0 Å². The number of halogens is 1. The summed E-state index contributed by atoms with van der Waals surface area (Å²) in [6.45, 7) is 3.39. The molecule has 0 radical (unpaired) electrons. The SMILES string of the molecule is CCOC1CNC(C(=O)OC)C1.Cl. The maximum Gasteiger partial charge on any atom is 0.322 e. The van der Waals surface area contributed by atoms with Crippen LogP contribution < -0.4 is 5.32 Å². The Labute approximate surface area is 84.4 Å². The molecule has 13 heavy (non-hydrogen) atoms. The highest BCUT2D eigenvalue weighted by Crippen LogP contribution is 2.10. The summed E-state index contributed by atoms with van der Waals surface area (Å²) in [5.74, 6) is -0.197. The van der Waals surface area contributed by atoms with Gasteiger partial charge in [-0.25, -0.2) is 0 Å². The Morgan fingerprint density at radius 1 is 1.62 bits per heavy atom. The van der Waals surface area contributed by atoms with E-state index in [1.54, 1.807) is 0 Å². The van der Waals surface area contributed by atoms with E-state index in [1.165, 1.54) is 7.11 Å². The summed E-state index contributed by atoms with van der Waals surface area (Å²) < 4.78 is 9.96. The molecule has 0 aromatic heterocycles. The highest BCUT2D eigenvalue weighted by molar-refractivity contribution is 5.85. The zero-order valence-electron chi connectivity index (χ0n) is 7.91. The van der Waals surface area contributed by atoms with E-state index in [9.17, 15) is 4.79 Å². The number of carbonyl (C=O) groups excluding carboxylic acids is 1. The van der Waals surface area contributed by atoms with Crippen LogP contribution in [0.25, 0.3) is 0 Å². The summed E-state index contributed by atoms with van der Waals surface area (Å²) in [7, 11) is 1.40. The lowest BCUT2D eigenvalue weighted by molar-refractivity contribution is -0.142. The fraction of sp³-hybridized carbons (Fsp3) is 0.875. The van der Waals surface area contributed by atoms with Gasteiger partial charge in [0.1, 0.15) is 6.04 Å². The maximum absolute atomic E-state index is 11.0. The molecule has 2 unspecified atom stereocenters. The first-order chi connectivity index (χ1) is 5.77. The topological polar surface area (TPSA) is 47.6 Å². The molecule has 4 nitrogen and oxygen atoms in total. The number of ether oxygens (including phenoxy) is 2. The number of nitrogens with one attached hydrogen (secondary N) is 1. The van der Waals surface area contributed by atoms with Crippen LogP contribution >= 0.6 is 12.4 Å². The molecule has 2 atom stereocenters. The van der Waals surface area contributed by atoms with E-state index in [-0.39, 0.29) is 30.5 Å². The largest absolute Gasteiger partial charge is 0.468 e. The van der Waals surface area contributed by atoms with E-state index in [0.29, 0.717) is 6.61 Å². The van der Waals surface area contributed by atoms with Crippen molar-refractivity contribution in [3.05, 3.63) is 0 Å². The van der Waals surface area contributed by atoms with E-state index < -0.39 is 0 Å². The first-order valence-corrected chi connectivity index (χ1v) is 4.20. The van der Waals surface area contributed by atoms with Gasteiger partial charge < -0.3 is 14.8 Å². The van der Waals surface area contributed by atoms with Crippen molar-refractivity contribution in [2.45, 2.75) is 25.5 Å². The average Bonchev–Trinajstić information content (AvgIpc) is 2.52. The Kier molecular flexibility index (Phi) is 6.03. The molecule has 1 aliphatic rings. The molecular weight excluding hydrogens is 194 g/mol. The van der Waals surface area contributed by atoms with Crippen molar-refractivity contribution in [1.82, 2.24) is 5.32 Å². The lowest BCUT2D eigenvalue weighted by Gasteiger charge is -2.08. The third-order valence-corrected chi connectivity index (χ3v) is 1.98. The Morgan fingerprint density at radius 2 is 2.31 bits per heavy atom. The minimum Gasteiger partial charge on any atom is -0.468 e. The summed E-state index contributed by atoms with van der Waals surface area (Å²) in [4.78, 5) is 11.0. The zero-order chi connectivity index (χ0) is 8.97.